The average Bonchev–Trinajstić information content (AvgIpc) is 3.95. The third-order valence-corrected chi connectivity index (χ3v) is 15.1. The van der Waals surface area contributed by atoms with Gasteiger partial charge in [-0.25, -0.2) is 0 Å². The van der Waals surface area contributed by atoms with Gasteiger partial charge >= 0.3 is 0 Å². The molecule has 0 radical (unpaired) electrons. The van der Waals surface area contributed by atoms with E-state index in [0.29, 0.717) is 0 Å². The lowest BCUT2D eigenvalue weighted by molar-refractivity contribution is 0.660. The Labute approximate surface area is 364 Å². The monoisotopic (exact) mass is 791 g/mol. The summed E-state index contributed by atoms with van der Waals surface area (Å²) in [6.45, 7) is 9.56. The second-order valence-corrected chi connectivity index (χ2v) is 18.7. The lowest BCUT2D eigenvalue weighted by Crippen LogP contribution is -2.26. The molecule has 62 heavy (non-hydrogen) atoms. The van der Waals surface area contributed by atoms with Crippen LogP contribution in [0.2, 0.25) is 0 Å². The summed E-state index contributed by atoms with van der Waals surface area (Å²) in [6.07, 6.45) is 0. The second kappa shape index (κ2) is 12.4. The van der Waals surface area contributed by atoms with Crippen molar-refractivity contribution in [2.75, 3.05) is 4.90 Å². The number of fused-ring (bicyclic) bond motifs is 16. The molecular formula is C61H45N. The van der Waals surface area contributed by atoms with Gasteiger partial charge in [0.2, 0.25) is 0 Å². The molecule has 294 valence electrons. The van der Waals surface area contributed by atoms with Crippen molar-refractivity contribution in [1.82, 2.24) is 0 Å². The summed E-state index contributed by atoms with van der Waals surface area (Å²) in [4.78, 5) is 2.62. The Morgan fingerprint density at radius 2 is 0.710 bits per heavy atom. The van der Waals surface area contributed by atoms with Gasteiger partial charge < -0.3 is 4.90 Å². The number of benzene rings is 9. The Morgan fingerprint density at radius 3 is 1.37 bits per heavy atom. The third kappa shape index (κ3) is 4.38. The second-order valence-electron chi connectivity index (χ2n) is 18.7. The summed E-state index contributed by atoms with van der Waals surface area (Å²) in [5.41, 5.74) is 26.7. The Morgan fingerprint density at radius 1 is 0.290 bits per heavy atom. The van der Waals surface area contributed by atoms with Crippen molar-refractivity contribution in [3.8, 4) is 55.6 Å². The molecule has 0 fully saturated rings. The zero-order chi connectivity index (χ0) is 41.5. The summed E-state index contributed by atoms with van der Waals surface area (Å²) in [5, 5.41) is 0. The van der Waals surface area contributed by atoms with Crippen LogP contribution in [0.5, 0.6) is 0 Å². The number of anilines is 3. The highest BCUT2D eigenvalue weighted by Gasteiger charge is 2.53. The molecule has 1 nitrogen and oxygen atoms in total. The lowest BCUT2D eigenvalue weighted by atomic mass is 9.70. The SMILES string of the molecule is CC1(C)c2ccccc2-c2ccc(N(c3cccc4c3-c3ccccc3C4(C)C)c3cccc4c3-c3ccccc3C43c4ccccc4-c4c(-c5ccccc5)cccc43)cc21. The van der Waals surface area contributed by atoms with Gasteiger partial charge in [-0.3, -0.25) is 0 Å². The first-order chi connectivity index (χ1) is 30.3. The lowest BCUT2D eigenvalue weighted by Gasteiger charge is -2.33. The number of nitrogens with zero attached hydrogens (tertiary/aromatic N) is 1. The van der Waals surface area contributed by atoms with Crippen LogP contribution in [0.3, 0.4) is 0 Å². The summed E-state index contributed by atoms with van der Waals surface area (Å²) < 4.78 is 0. The number of rotatable bonds is 4. The molecule has 0 N–H and O–H groups in total. The van der Waals surface area contributed by atoms with E-state index in [0.717, 1.165) is 0 Å². The zero-order valence-electron chi connectivity index (χ0n) is 35.5. The zero-order valence-corrected chi connectivity index (χ0v) is 35.5. The maximum atomic E-state index is 2.62. The van der Waals surface area contributed by atoms with Crippen LogP contribution in [0.25, 0.3) is 55.6 Å². The number of hydrogen-bond donors (Lipinski definition) is 0. The Kier molecular flexibility index (Phi) is 7.12. The third-order valence-electron chi connectivity index (χ3n) is 15.1. The van der Waals surface area contributed by atoms with Crippen molar-refractivity contribution in [1.29, 1.82) is 0 Å². The molecule has 0 heterocycles. The highest BCUT2D eigenvalue weighted by atomic mass is 15.1. The van der Waals surface area contributed by atoms with Crippen molar-refractivity contribution in [2.45, 2.75) is 43.9 Å². The maximum Gasteiger partial charge on any atom is 0.0726 e. The van der Waals surface area contributed by atoms with E-state index in [1.54, 1.807) is 0 Å². The predicted molar refractivity (Wildman–Crippen MR) is 258 cm³/mol. The van der Waals surface area contributed by atoms with Gasteiger partial charge in [-0.2, -0.15) is 0 Å². The van der Waals surface area contributed by atoms with Crippen LogP contribution in [0, 0.1) is 0 Å². The minimum absolute atomic E-state index is 0.141. The molecule has 4 aliphatic carbocycles. The van der Waals surface area contributed by atoms with Gasteiger partial charge in [-0.1, -0.05) is 204 Å². The Bertz CT molecular complexity index is 3360. The van der Waals surface area contributed by atoms with Crippen molar-refractivity contribution in [3.05, 3.63) is 245 Å². The van der Waals surface area contributed by atoms with Crippen molar-refractivity contribution in [2.24, 2.45) is 0 Å². The van der Waals surface area contributed by atoms with Crippen LogP contribution < -0.4 is 4.90 Å². The Hall–Kier alpha value is -7.22. The van der Waals surface area contributed by atoms with Crippen molar-refractivity contribution < 1.29 is 0 Å². The minimum Gasteiger partial charge on any atom is -0.309 e. The van der Waals surface area contributed by atoms with Crippen LogP contribution in [-0.2, 0) is 16.2 Å². The van der Waals surface area contributed by atoms with E-state index in [9.17, 15) is 0 Å². The van der Waals surface area contributed by atoms with Crippen LogP contribution in [-0.4, -0.2) is 0 Å². The Balaban J connectivity index is 1.13. The van der Waals surface area contributed by atoms with Gasteiger partial charge in [0.1, 0.15) is 0 Å². The quantitative estimate of drug-likeness (QED) is 0.172. The molecule has 0 aromatic heterocycles. The van der Waals surface area contributed by atoms with E-state index in [-0.39, 0.29) is 10.8 Å². The summed E-state index contributed by atoms with van der Waals surface area (Å²) in [5.74, 6) is 0. The predicted octanol–water partition coefficient (Wildman–Crippen LogP) is 15.8. The molecule has 0 bridgehead atoms. The number of hydrogen-bond acceptors (Lipinski definition) is 1. The molecule has 9 aromatic rings. The van der Waals surface area contributed by atoms with Gasteiger partial charge in [0, 0.05) is 27.6 Å². The highest BCUT2D eigenvalue weighted by Crippen LogP contribution is 2.66. The molecule has 0 aliphatic heterocycles. The summed E-state index contributed by atoms with van der Waals surface area (Å²) in [7, 11) is 0. The normalized spacial score (nSPS) is 17.0. The smallest absolute Gasteiger partial charge is 0.0726 e. The van der Waals surface area contributed by atoms with E-state index < -0.39 is 5.41 Å². The molecule has 1 spiro atoms. The first-order valence-electron chi connectivity index (χ1n) is 22.1. The van der Waals surface area contributed by atoms with Gasteiger partial charge in [-0.05, 0) is 113 Å². The van der Waals surface area contributed by atoms with E-state index in [2.05, 4.69) is 233 Å². The molecule has 0 saturated heterocycles. The van der Waals surface area contributed by atoms with Crippen LogP contribution in [0.4, 0.5) is 17.1 Å². The van der Waals surface area contributed by atoms with Crippen LogP contribution in [0.1, 0.15) is 72.2 Å². The highest BCUT2D eigenvalue weighted by molar-refractivity contribution is 6.05. The molecule has 13 rings (SSSR count). The van der Waals surface area contributed by atoms with E-state index in [1.807, 2.05) is 0 Å². The molecule has 9 aromatic carbocycles. The molecule has 0 saturated carbocycles. The summed E-state index contributed by atoms with van der Waals surface area (Å²) in [6, 6.07) is 75.9. The fourth-order valence-corrected chi connectivity index (χ4v) is 12.4. The fourth-order valence-electron chi connectivity index (χ4n) is 12.4. The van der Waals surface area contributed by atoms with Crippen LogP contribution >= 0.6 is 0 Å². The average molecular weight is 792 g/mol. The summed E-state index contributed by atoms with van der Waals surface area (Å²) >= 11 is 0. The molecular weight excluding hydrogens is 747 g/mol. The van der Waals surface area contributed by atoms with Gasteiger partial charge in [0.25, 0.3) is 0 Å². The molecule has 1 unspecified atom stereocenters. The first-order valence-corrected chi connectivity index (χ1v) is 22.1. The van der Waals surface area contributed by atoms with Crippen LogP contribution in [0.15, 0.2) is 200 Å². The van der Waals surface area contributed by atoms with Crippen molar-refractivity contribution in [3.63, 3.8) is 0 Å². The largest absolute Gasteiger partial charge is 0.309 e. The molecule has 1 atom stereocenters. The van der Waals surface area contributed by atoms with Gasteiger partial charge in [0.05, 0.1) is 16.8 Å². The van der Waals surface area contributed by atoms with Gasteiger partial charge in [-0.15, -0.1) is 0 Å². The van der Waals surface area contributed by atoms with E-state index in [1.165, 1.54) is 117 Å². The molecule has 0 amide bonds. The fraction of sp³-hybridized carbons (Fsp3) is 0.115. The minimum atomic E-state index is -0.501. The van der Waals surface area contributed by atoms with E-state index >= 15 is 0 Å². The first kappa shape index (κ1) is 35.5. The standard InChI is InChI=1S/C61H45N/c1-59(2)47-27-13-9-22-43(47)57-50(59)30-17-33-54(57)62(39-35-36-42-41-21-8-12-26-46(41)60(3,4)53(42)37-39)55-34-18-32-52-58(55)45-24-11-15-29-49(45)61(52)48-28-14-10-23-44(48)56-40(25-16-31-51(56)61)38-19-6-5-7-20-38/h5-37H,1-4H3. The van der Waals surface area contributed by atoms with Gasteiger partial charge in [0.15, 0.2) is 0 Å². The maximum absolute atomic E-state index is 2.62. The van der Waals surface area contributed by atoms with E-state index in [4.69, 9.17) is 0 Å². The molecule has 1 heteroatoms. The topological polar surface area (TPSA) is 3.24 Å². The van der Waals surface area contributed by atoms with Crippen molar-refractivity contribution >= 4 is 17.1 Å². The molecule has 4 aliphatic rings.